The van der Waals surface area contributed by atoms with Crippen LogP contribution in [0.2, 0.25) is 0 Å². The Morgan fingerprint density at radius 1 is 0.947 bits per heavy atom. The van der Waals surface area contributed by atoms with Gasteiger partial charge in [0.15, 0.2) is 0 Å². The summed E-state index contributed by atoms with van der Waals surface area (Å²) in [6.45, 7) is 12.1. The largest absolute Gasteiger partial charge is 0.354 e. The molecule has 1 heterocycles. The normalized spacial score (nSPS) is 23.4. The third-order valence-electron chi connectivity index (χ3n) is 6.52. The number of nitrogens with one attached hydrogen (secondary N) is 4. The lowest BCUT2D eigenvalue weighted by Gasteiger charge is -2.26. The first-order chi connectivity index (χ1) is 18.1. The minimum Gasteiger partial charge on any atom is -0.354 e. The van der Waals surface area contributed by atoms with Gasteiger partial charge in [-0.1, -0.05) is 55.8 Å². The highest BCUT2D eigenvalue weighted by Crippen LogP contribution is 2.07. The smallest absolute Gasteiger partial charge is 0.243 e. The fourth-order valence-electron chi connectivity index (χ4n) is 4.21. The number of benzene rings is 1. The van der Waals surface area contributed by atoms with Crippen molar-refractivity contribution in [3.05, 3.63) is 47.5 Å². The van der Waals surface area contributed by atoms with Crippen LogP contribution in [0, 0.1) is 5.92 Å². The second-order valence-electron chi connectivity index (χ2n) is 10.6. The number of rotatable bonds is 5. The summed E-state index contributed by atoms with van der Waals surface area (Å²) in [4.78, 5) is 54.1. The van der Waals surface area contributed by atoms with Crippen LogP contribution in [0.25, 0.3) is 0 Å². The highest BCUT2D eigenvalue weighted by molar-refractivity contribution is 5.94. The molecule has 0 spiro atoms. The van der Waals surface area contributed by atoms with Crippen molar-refractivity contribution in [2.45, 2.75) is 78.4 Å². The summed E-state index contributed by atoms with van der Waals surface area (Å²) < 4.78 is 0. The monoisotopic (exact) mass is 527 g/mol. The van der Waals surface area contributed by atoms with E-state index in [4.69, 9.17) is 0 Å². The number of hydrogen-bond acceptors (Lipinski definition) is 5. The molecule has 0 saturated carbocycles. The van der Waals surface area contributed by atoms with E-state index in [9.17, 15) is 19.2 Å². The summed E-state index contributed by atoms with van der Waals surface area (Å²) in [6.07, 6.45) is 4.13. The van der Waals surface area contributed by atoms with E-state index < -0.39 is 29.9 Å². The summed E-state index contributed by atoms with van der Waals surface area (Å²) >= 11 is 0. The predicted octanol–water partition coefficient (Wildman–Crippen LogP) is 1.93. The molecule has 1 aromatic rings. The summed E-state index contributed by atoms with van der Waals surface area (Å²) in [6, 6.07) is 7.01. The first-order valence-electron chi connectivity index (χ1n) is 13.6. The lowest BCUT2D eigenvalue weighted by molar-refractivity contribution is -0.134. The molecular weight excluding hydrogens is 482 g/mol. The van der Waals surface area contributed by atoms with Gasteiger partial charge in [0.05, 0.1) is 0 Å². The molecule has 210 valence electrons. The second kappa shape index (κ2) is 15.9. The van der Waals surface area contributed by atoms with Crippen LogP contribution in [-0.2, 0) is 25.6 Å². The van der Waals surface area contributed by atoms with Crippen molar-refractivity contribution in [2.24, 2.45) is 5.92 Å². The van der Waals surface area contributed by atoms with E-state index >= 15 is 0 Å². The Bertz CT molecular complexity index is 959. The zero-order chi connectivity index (χ0) is 28.1. The molecule has 2 rings (SSSR count). The zero-order valence-corrected chi connectivity index (χ0v) is 23.5. The molecule has 1 aromatic carbocycles. The molecule has 38 heavy (non-hydrogen) atoms. The molecule has 1 fully saturated rings. The Morgan fingerprint density at radius 3 is 2.29 bits per heavy atom. The van der Waals surface area contributed by atoms with Gasteiger partial charge < -0.3 is 21.3 Å². The molecule has 1 aliphatic heterocycles. The number of amides is 4. The van der Waals surface area contributed by atoms with E-state index in [1.54, 1.807) is 6.92 Å². The first-order valence-corrected chi connectivity index (χ1v) is 13.6. The number of carbonyl (C=O) groups excluding carboxylic acids is 4. The number of allylic oxidation sites excluding steroid dienone is 1. The number of nitrogens with zero attached hydrogens (tertiary/aromatic N) is 1. The van der Waals surface area contributed by atoms with E-state index in [1.807, 2.05) is 44.2 Å². The molecular formula is C29H45N5O4. The Labute approximate surface area is 227 Å². The van der Waals surface area contributed by atoms with Crippen LogP contribution in [0.5, 0.6) is 0 Å². The minimum absolute atomic E-state index is 0.133. The molecule has 0 aromatic heterocycles. The predicted molar refractivity (Wildman–Crippen MR) is 149 cm³/mol. The maximum atomic E-state index is 13.2. The van der Waals surface area contributed by atoms with Gasteiger partial charge in [-0.15, -0.1) is 0 Å². The second-order valence-corrected chi connectivity index (χ2v) is 10.6. The topological polar surface area (TPSA) is 120 Å². The lowest BCUT2D eigenvalue weighted by atomic mass is 10.0. The van der Waals surface area contributed by atoms with Gasteiger partial charge in [0.1, 0.15) is 18.1 Å². The van der Waals surface area contributed by atoms with Crippen LogP contribution in [0.4, 0.5) is 0 Å². The van der Waals surface area contributed by atoms with Crippen LogP contribution in [0.1, 0.15) is 59.4 Å². The highest BCUT2D eigenvalue weighted by Gasteiger charge is 2.29. The zero-order valence-electron chi connectivity index (χ0n) is 23.5. The average molecular weight is 528 g/mol. The van der Waals surface area contributed by atoms with Crippen LogP contribution >= 0.6 is 0 Å². The van der Waals surface area contributed by atoms with E-state index in [1.165, 1.54) is 5.57 Å². The number of carbonyl (C=O) groups is 4. The molecule has 0 aliphatic carbocycles. The fraction of sp³-hybridized carbons (Fsp3) is 0.586. The molecule has 9 heteroatoms. The quantitative estimate of drug-likeness (QED) is 0.436. The maximum absolute atomic E-state index is 13.2. The Kier molecular flexibility index (Phi) is 13.0. The van der Waals surface area contributed by atoms with Crippen molar-refractivity contribution in [1.82, 2.24) is 26.2 Å². The van der Waals surface area contributed by atoms with Crippen molar-refractivity contribution in [1.29, 1.82) is 0 Å². The van der Waals surface area contributed by atoms with Gasteiger partial charge in [-0.3, -0.25) is 24.1 Å². The van der Waals surface area contributed by atoms with Crippen LogP contribution < -0.4 is 21.3 Å². The molecule has 1 aliphatic rings. The molecule has 4 N–H and O–H groups in total. The van der Waals surface area contributed by atoms with Crippen LogP contribution in [-0.4, -0.2) is 72.8 Å². The summed E-state index contributed by atoms with van der Waals surface area (Å²) in [5, 5.41) is 11.3. The fourth-order valence-corrected chi connectivity index (χ4v) is 4.21. The molecule has 1 saturated heterocycles. The molecule has 0 bridgehead atoms. The number of hydrogen-bond donors (Lipinski definition) is 4. The summed E-state index contributed by atoms with van der Waals surface area (Å²) in [7, 11) is 0. The maximum Gasteiger partial charge on any atom is 0.243 e. The van der Waals surface area contributed by atoms with Crippen LogP contribution in [0.15, 0.2) is 42.0 Å². The van der Waals surface area contributed by atoms with E-state index in [0.29, 0.717) is 19.4 Å². The third-order valence-corrected chi connectivity index (χ3v) is 6.52. The van der Waals surface area contributed by atoms with Crippen molar-refractivity contribution < 1.29 is 19.2 Å². The van der Waals surface area contributed by atoms with Gasteiger partial charge in [0.25, 0.3) is 0 Å². The van der Waals surface area contributed by atoms with Gasteiger partial charge in [0, 0.05) is 32.5 Å². The SMILES string of the molecule is CC(C)=CCN1CCCNC(=O)[C@@H](C(C)C)NC(=O)[C@@H](C)NC(=O)[C@H](Cc2ccccc2)NC(=O)CCC1. The van der Waals surface area contributed by atoms with Crippen molar-refractivity contribution >= 4 is 23.6 Å². The van der Waals surface area contributed by atoms with E-state index in [0.717, 1.165) is 31.6 Å². The lowest BCUT2D eigenvalue weighted by Crippen LogP contribution is -2.57. The van der Waals surface area contributed by atoms with Crippen LogP contribution in [0.3, 0.4) is 0 Å². The third kappa shape index (κ3) is 11.0. The van der Waals surface area contributed by atoms with Gasteiger partial charge in [0.2, 0.25) is 23.6 Å². The Morgan fingerprint density at radius 2 is 1.63 bits per heavy atom. The van der Waals surface area contributed by atoms with E-state index in [2.05, 4.69) is 46.1 Å². The highest BCUT2D eigenvalue weighted by atomic mass is 16.2. The molecule has 0 unspecified atom stereocenters. The molecule has 4 amide bonds. The van der Waals surface area contributed by atoms with Gasteiger partial charge >= 0.3 is 0 Å². The standard InChI is InChI=1S/C29H45N5O4/c1-20(2)14-18-34-16-9-13-25(35)32-24(19-23-11-7-6-8-12-23)28(37)31-22(5)27(36)33-26(21(3)4)29(38)30-15-10-17-34/h6-8,11-12,14,21-22,24,26H,9-10,13,15-19H2,1-5H3,(H,30,38)(H,31,37)(H,32,35)(H,33,36)/t22-,24+,26-/m1/s1. The molecule has 0 radical (unpaired) electrons. The van der Waals surface area contributed by atoms with Gasteiger partial charge in [-0.25, -0.2) is 0 Å². The summed E-state index contributed by atoms with van der Waals surface area (Å²) in [5.74, 6) is -1.47. The van der Waals surface area contributed by atoms with Crippen molar-refractivity contribution in [3.8, 4) is 0 Å². The van der Waals surface area contributed by atoms with E-state index in [-0.39, 0.29) is 24.2 Å². The van der Waals surface area contributed by atoms with Crippen molar-refractivity contribution in [3.63, 3.8) is 0 Å². The molecule has 9 nitrogen and oxygen atoms in total. The molecule has 3 atom stereocenters. The Balaban J connectivity index is 2.23. The minimum atomic E-state index is -0.880. The average Bonchev–Trinajstić information content (AvgIpc) is 2.86. The first kappa shape index (κ1) is 31.0. The van der Waals surface area contributed by atoms with Gasteiger partial charge in [-0.05, 0) is 51.6 Å². The van der Waals surface area contributed by atoms with Gasteiger partial charge in [-0.2, -0.15) is 0 Å². The van der Waals surface area contributed by atoms with Crippen molar-refractivity contribution in [2.75, 3.05) is 26.2 Å². The summed E-state index contributed by atoms with van der Waals surface area (Å²) in [5.41, 5.74) is 2.12. The Hall–Kier alpha value is -3.20.